The van der Waals surface area contributed by atoms with Crippen molar-refractivity contribution in [2.45, 2.75) is 32.2 Å². The highest BCUT2D eigenvalue weighted by Gasteiger charge is 2.20. The number of likely N-dealkylation sites (tertiary alicyclic amines) is 1. The highest BCUT2D eigenvalue weighted by atomic mass is 16.4. The van der Waals surface area contributed by atoms with Crippen LogP contribution in [0.25, 0.3) is 0 Å². The van der Waals surface area contributed by atoms with E-state index in [9.17, 15) is 9.59 Å². The van der Waals surface area contributed by atoms with Crippen molar-refractivity contribution in [2.75, 3.05) is 18.4 Å². The molecule has 0 radical (unpaired) electrons. The lowest BCUT2D eigenvalue weighted by Gasteiger charge is -2.32. The molecule has 0 spiro atoms. The lowest BCUT2D eigenvalue weighted by Crippen LogP contribution is -2.35. The predicted octanol–water partition coefficient (Wildman–Crippen LogP) is 4.02. The van der Waals surface area contributed by atoms with Gasteiger partial charge in [-0.05, 0) is 61.6 Å². The molecule has 1 amide bonds. The van der Waals surface area contributed by atoms with Crippen LogP contribution in [-0.4, -0.2) is 35.0 Å². The number of piperidine rings is 1. The summed E-state index contributed by atoms with van der Waals surface area (Å²) in [5.74, 6) is -0.385. The van der Waals surface area contributed by atoms with Crippen molar-refractivity contribution in [1.29, 1.82) is 0 Å². The van der Waals surface area contributed by atoms with Gasteiger partial charge in [0.05, 0.1) is 0 Å². The third-order valence-corrected chi connectivity index (χ3v) is 5.00. The molecule has 1 atom stereocenters. The number of nitrogens with zero attached hydrogens (tertiary/aromatic N) is 1. The van der Waals surface area contributed by atoms with Crippen LogP contribution in [0.3, 0.4) is 0 Å². The molecule has 1 fully saturated rings. The SMILES string of the molecule is O=C(O)CCC1CCCN(Cc2cccc(C(=O)Nc3ccccc3)c2)C1. The van der Waals surface area contributed by atoms with Crippen LogP contribution >= 0.6 is 0 Å². The molecule has 3 rings (SSSR count). The molecule has 5 nitrogen and oxygen atoms in total. The molecular formula is C22H26N2O3. The van der Waals surface area contributed by atoms with E-state index in [1.165, 1.54) is 0 Å². The number of anilines is 1. The molecule has 2 N–H and O–H groups in total. The first-order valence-electron chi connectivity index (χ1n) is 9.49. The number of hydrogen-bond acceptors (Lipinski definition) is 3. The second-order valence-corrected chi connectivity index (χ2v) is 7.20. The Labute approximate surface area is 160 Å². The molecule has 1 unspecified atom stereocenters. The summed E-state index contributed by atoms with van der Waals surface area (Å²) < 4.78 is 0. The fourth-order valence-electron chi connectivity index (χ4n) is 3.65. The summed E-state index contributed by atoms with van der Waals surface area (Å²) in [5, 5.41) is 11.8. The van der Waals surface area contributed by atoms with Crippen molar-refractivity contribution in [3.8, 4) is 0 Å². The Morgan fingerprint density at radius 2 is 1.93 bits per heavy atom. The smallest absolute Gasteiger partial charge is 0.303 e. The number of para-hydroxylation sites is 1. The minimum absolute atomic E-state index is 0.110. The first kappa shape index (κ1) is 19.1. The summed E-state index contributed by atoms with van der Waals surface area (Å²) >= 11 is 0. The fourth-order valence-corrected chi connectivity index (χ4v) is 3.65. The first-order valence-corrected chi connectivity index (χ1v) is 9.49. The molecule has 0 aromatic heterocycles. The monoisotopic (exact) mass is 366 g/mol. The maximum absolute atomic E-state index is 12.5. The number of carbonyl (C=O) groups excluding carboxylic acids is 1. The van der Waals surface area contributed by atoms with Gasteiger partial charge in [0, 0.05) is 30.8 Å². The standard InChI is InChI=1S/C22H26N2O3/c25-21(26)12-11-17-7-5-13-24(15-17)16-18-6-4-8-19(14-18)22(27)23-20-9-2-1-3-10-20/h1-4,6,8-10,14,17H,5,7,11-13,15-16H2,(H,23,27)(H,25,26). The van der Waals surface area contributed by atoms with E-state index in [1.54, 1.807) is 0 Å². The van der Waals surface area contributed by atoms with Crippen LogP contribution in [-0.2, 0) is 11.3 Å². The van der Waals surface area contributed by atoms with E-state index in [-0.39, 0.29) is 12.3 Å². The maximum atomic E-state index is 12.5. The normalized spacial score (nSPS) is 17.4. The van der Waals surface area contributed by atoms with Crippen molar-refractivity contribution in [1.82, 2.24) is 4.90 Å². The molecule has 1 aliphatic rings. The average molecular weight is 366 g/mol. The maximum Gasteiger partial charge on any atom is 0.303 e. The second kappa shape index (κ2) is 9.33. The molecule has 2 aromatic rings. The van der Waals surface area contributed by atoms with Crippen molar-refractivity contribution in [2.24, 2.45) is 5.92 Å². The Morgan fingerprint density at radius 3 is 2.70 bits per heavy atom. The van der Waals surface area contributed by atoms with E-state index in [2.05, 4.69) is 10.2 Å². The molecule has 142 valence electrons. The summed E-state index contributed by atoms with van der Waals surface area (Å²) in [6.45, 7) is 2.73. The number of carboxylic acid groups (broad SMARTS) is 1. The summed E-state index contributed by atoms with van der Waals surface area (Å²) in [4.78, 5) is 25.6. The third kappa shape index (κ3) is 5.93. The molecule has 0 aliphatic carbocycles. The van der Waals surface area contributed by atoms with Crippen molar-refractivity contribution in [3.05, 3.63) is 65.7 Å². The number of rotatable bonds is 7. The highest BCUT2D eigenvalue weighted by molar-refractivity contribution is 6.04. The van der Waals surface area contributed by atoms with Gasteiger partial charge in [-0.15, -0.1) is 0 Å². The van der Waals surface area contributed by atoms with Gasteiger partial charge >= 0.3 is 5.97 Å². The molecule has 27 heavy (non-hydrogen) atoms. The zero-order valence-corrected chi connectivity index (χ0v) is 15.4. The minimum atomic E-state index is -0.718. The van der Waals surface area contributed by atoms with Gasteiger partial charge in [0.2, 0.25) is 0 Å². The van der Waals surface area contributed by atoms with Crippen molar-refractivity contribution >= 4 is 17.6 Å². The van der Waals surface area contributed by atoms with Gasteiger partial charge in [-0.25, -0.2) is 0 Å². The van der Waals surface area contributed by atoms with Crippen LogP contribution < -0.4 is 5.32 Å². The van der Waals surface area contributed by atoms with Gasteiger partial charge in [-0.3, -0.25) is 14.5 Å². The number of amides is 1. The van der Waals surface area contributed by atoms with Gasteiger partial charge in [0.1, 0.15) is 0 Å². The Hall–Kier alpha value is -2.66. The zero-order chi connectivity index (χ0) is 19.1. The summed E-state index contributed by atoms with van der Waals surface area (Å²) in [7, 11) is 0. The summed E-state index contributed by atoms with van der Waals surface area (Å²) in [5.41, 5.74) is 2.54. The largest absolute Gasteiger partial charge is 0.481 e. The van der Waals surface area contributed by atoms with Gasteiger partial charge in [-0.1, -0.05) is 30.3 Å². The lowest BCUT2D eigenvalue weighted by atomic mass is 9.93. The Bertz CT molecular complexity index is 776. The molecule has 1 saturated heterocycles. The number of aliphatic carboxylic acids is 1. The highest BCUT2D eigenvalue weighted by Crippen LogP contribution is 2.23. The number of hydrogen-bond donors (Lipinski definition) is 2. The summed E-state index contributed by atoms with van der Waals surface area (Å²) in [6, 6.07) is 17.2. The van der Waals surface area contributed by atoms with Crippen LogP contribution in [0.15, 0.2) is 54.6 Å². The van der Waals surface area contributed by atoms with Gasteiger partial charge in [0.25, 0.3) is 5.91 Å². The fraction of sp³-hybridized carbons (Fsp3) is 0.364. The topological polar surface area (TPSA) is 69.6 Å². The van der Waals surface area contributed by atoms with Crippen LogP contribution in [0.2, 0.25) is 0 Å². The van der Waals surface area contributed by atoms with E-state index in [1.807, 2.05) is 54.6 Å². The second-order valence-electron chi connectivity index (χ2n) is 7.20. The molecule has 5 heteroatoms. The molecule has 1 heterocycles. The third-order valence-electron chi connectivity index (χ3n) is 5.00. The number of carboxylic acids is 1. The zero-order valence-electron chi connectivity index (χ0n) is 15.4. The van der Waals surface area contributed by atoms with Gasteiger partial charge in [0.15, 0.2) is 0 Å². The van der Waals surface area contributed by atoms with Crippen LogP contribution in [0.1, 0.15) is 41.6 Å². The van der Waals surface area contributed by atoms with Crippen LogP contribution in [0, 0.1) is 5.92 Å². The predicted molar refractivity (Wildman–Crippen MR) is 106 cm³/mol. The summed E-state index contributed by atoms with van der Waals surface area (Å²) in [6.07, 6.45) is 3.18. The molecule has 0 bridgehead atoms. The molecular weight excluding hydrogens is 340 g/mol. The van der Waals surface area contributed by atoms with Crippen LogP contribution in [0.4, 0.5) is 5.69 Å². The van der Waals surface area contributed by atoms with E-state index in [4.69, 9.17) is 5.11 Å². The van der Waals surface area contributed by atoms with E-state index >= 15 is 0 Å². The molecule has 0 saturated carbocycles. The molecule has 1 aliphatic heterocycles. The molecule has 2 aromatic carbocycles. The Morgan fingerprint density at radius 1 is 1.11 bits per heavy atom. The van der Waals surface area contributed by atoms with Gasteiger partial charge < -0.3 is 10.4 Å². The lowest BCUT2D eigenvalue weighted by molar-refractivity contribution is -0.137. The Kier molecular flexibility index (Phi) is 6.60. The average Bonchev–Trinajstić information content (AvgIpc) is 2.68. The minimum Gasteiger partial charge on any atom is -0.481 e. The van der Waals surface area contributed by atoms with E-state index < -0.39 is 5.97 Å². The van der Waals surface area contributed by atoms with Crippen molar-refractivity contribution in [3.63, 3.8) is 0 Å². The Balaban J connectivity index is 1.58. The van der Waals surface area contributed by atoms with E-state index in [0.717, 1.165) is 50.1 Å². The van der Waals surface area contributed by atoms with Crippen molar-refractivity contribution < 1.29 is 14.7 Å². The number of nitrogens with one attached hydrogen (secondary N) is 1. The van der Waals surface area contributed by atoms with E-state index in [0.29, 0.717) is 11.5 Å². The van der Waals surface area contributed by atoms with Gasteiger partial charge in [-0.2, -0.15) is 0 Å². The number of carbonyl (C=O) groups is 2. The first-order chi connectivity index (χ1) is 13.1. The van der Waals surface area contributed by atoms with Crippen LogP contribution in [0.5, 0.6) is 0 Å². The number of benzene rings is 2. The quantitative estimate of drug-likeness (QED) is 0.777.